The number of carbonyl (C=O) groups is 1. The molecule has 1 saturated heterocycles. The highest BCUT2D eigenvalue weighted by Gasteiger charge is 2.29. The summed E-state index contributed by atoms with van der Waals surface area (Å²) in [7, 11) is 0. The summed E-state index contributed by atoms with van der Waals surface area (Å²) in [5.41, 5.74) is 3.33. The molecular weight excluding hydrogens is 409 g/mol. The summed E-state index contributed by atoms with van der Waals surface area (Å²) in [4.78, 5) is 19.4. The predicted molar refractivity (Wildman–Crippen MR) is 119 cm³/mol. The zero-order valence-corrected chi connectivity index (χ0v) is 17.9. The molecule has 0 aliphatic carbocycles. The van der Waals surface area contributed by atoms with E-state index in [4.69, 9.17) is 4.52 Å². The summed E-state index contributed by atoms with van der Waals surface area (Å²) in [6.45, 7) is 4.10. The van der Waals surface area contributed by atoms with Crippen molar-refractivity contribution in [2.75, 3.05) is 24.6 Å². The molecule has 1 fully saturated rings. The second-order valence-electron chi connectivity index (χ2n) is 8.31. The van der Waals surface area contributed by atoms with Gasteiger partial charge in [-0.05, 0) is 56.2 Å². The highest BCUT2D eigenvalue weighted by atomic mass is 19.1. The topological polar surface area (TPSA) is 74.8 Å². The van der Waals surface area contributed by atoms with Crippen LogP contribution >= 0.6 is 0 Å². The Bertz CT molecular complexity index is 1160. The first-order chi connectivity index (χ1) is 15.6. The normalized spacial score (nSPS) is 18.7. The van der Waals surface area contributed by atoms with E-state index >= 15 is 0 Å². The number of amides is 1. The lowest BCUT2D eigenvalue weighted by Crippen LogP contribution is -2.39. The molecule has 3 aromatic rings. The van der Waals surface area contributed by atoms with E-state index in [9.17, 15) is 9.18 Å². The fraction of sp³-hybridized carbons (Fsp3) is 0.333. The minimum Gasteiger partial charge on any atom is -0.339 e. The van der Waals surface area contributed by atoms with Crippen molar-refractivity contribution in [1.82, 2.24) is 15.0 Å². The molecule has 1 atom stereocenters. The number of hydrogen-bond acceptors (Lipinski definition) is 6. The van der Waals surface area contributed by atoms with Gasteiger partial charge in [0.25, 0.3) is 5.91 Å². The largest absolute Gasteiger partial charge is 0.339 e. The average Bonchev–Trinajstić information content (AvgIpc) is 3.48. The second kappa shape index (κ2) is 8.53. The molecule has 8 heteroatoms. The Labute approximate surface area is 185 Å². The van der Waals surface area contributed by atoms with E-state index in [2.05, 4.69) is 15.2 Å². The summed E-state index contributed by atoms with van der Waals surface area (Å²) < 4.78 is 19.0. The Morgan fingerprint density at radius 2 is 2.00 bits per heavy atom. The molecule has 2 aliphatic rings. The molecule has 164 valence electrons. The van der Waals surface area contributed by atoms with E-state index in [0.717, 1.165) is 37.2 Å². The second-order valence-corrected chi connectivity index (χ2v) is 8.31. The number of aromatic nitrogens is 2. The van der Waals surface area contributed by atoms with Gasteiger partial charge in [-0.1, -0.05) is 17.3 Å². The lowest BCUT2D eigenvalue weighted by Gasteiger charge is -2.31. The summed E-state index contributed by atoms with van der Waals surface area (Å²) in [6.07, 6.45) is 2.68. The van der Waals surface area contributed by atoms with E-state index in [1.807, 2.05) is 41.1 Å². The Kier molecular flexibility index (Phi) is 5.43. The fourth-order valence-electron chi connectivity index (χ4n) is 4.23. The van der Waals surface area contributed by atoms with Crippen LogP contribution < -0.4 is 5.01 Å². The number of benzene rings is 2. The predicted octanol–water partition coefficient (Wildman–Crippen LogP) is 4.48. The van der Waals surface area contributed by atoms with Gasteiger partial charge in [0.2, 0.25) is 11.7 Å². The lowest BCUT2D eigenvalue weighted by atomic mass is 9.97. The quantitative estimate of drug-likeness (QED) is 0.606. The SMILES string of the molecule is CC1=NN(c2ccc(C(=O)N3CCCC(c4nc(-c5cccc(F)c5)no4)C3)cc2)CC1. The molecular formula is C24H24FN5O2. The fourth-order valence-corrected chi connectivity index (χ4v) is 4.23. The number of likely N-dealkylation sites (tertiary alicyclic amines) is 1. The number of rotatable bonds is 4. The molecule has 0 spiro atoms. The van der Waals surface area contributed by atoms with Crippen molar-refractivity contribution in [2.24, 2.45) is 5.10 Å². The van der Waals surface area contributed by atoms with Crippen LogP contribution in [0.2, 0.25) is 0 Å². The average molecular weight is 433 g/mol. The van der Waals surface area contributed by atoms with Crippen molar-refractivity contribution >= 4 is 17.3 Å². The van der Waals surface area contributed by atoms with Gasteiger partial charge < -0.3 is 9.42 Å². The van der Waals surface area contributed by atoms with Gasteiger partial charge >= 0.3 is 0 Å². The van der Waals surface area contributed by atoms with Gasteiger partial charge in [0.05, 0.1) is 11.6 Å². The first-order valence-corrected chi connectivity index (χ1v) is 10.9. The molecule has 32 heavy (non-hydrogen) atoms. The van der Waals surface area contributed by atoms with Gasteiger partial charge in [-0.2, -0.15) is 10.1 Å². The van der Waals surface area contributed by atoms with Crippen LogP contribution in [0.25, 0.3) is 11.4 Å². The minimum atomic E-state index is -0.346. The third-order valence-corrected chi connectivity index (χ3v) is 5.97. The third kappa shape index (κ3) is 4.12. The Hall–Kier alpha value is -3.55. The standard InChI is InChI=1S/C24H24FN5O2/c1-16-11-13-30(27-16)21-9-7-17(8-10-21)24(31)29-12-3-5-19(15-29)23-26-22(28-32-23)18-4-2-6-20(25)14-18/h2,4,6-10,14,19H,3,5,11-13,15H2,1H3. The van der Waals surface area contributed by atoms with Crippen LogP contribution in [0.15, 0.2) is 58.2 Å². The molecule has 1 aromatic heterocycles. The van der Waals surface area contributed by atoms with Crippen molar-refractivity contribution in [1.29, 1.82) is 0 Å². The molecule has 2 aromatic carbocycles. The maximum Gasteiger partial charge on any atom is 0.253 e. The van der Waals surface area contributed by atoms with Crippen LogP contribution in [0.4, 0.5) is 10.1 Å². The van der Waals surface area contributed by atoms with Crippen molar-refractivity contribution < 1.29 is 13.7 Å². The highest BCUT2D eigenvalue weighted by molar-refractivity contribution is 5.94. The van der Waals surface area contributed by atoms with Gasteiger partial charge in [0, 0.05) is 42.9 Å². The first kappa shape index (κ1) is 20.4. The van der Waals surface area contributed by atoms with Crippen LogP contribution in [-0.2, 0) is 0 Å². The zero-order chi connectivity index (χ0) is 22.1. The van der Waals surface area contributed by atoms with Gasteiger partial charge in [0.1, 0.15) is 5.82 Å². The van der Waals surface area contributed by atoms with Crippen molar-refractivity contribution in [3.8, 4) is 11.4 Å². The smallest absolute Gasteiger partial charge is 0.253 e. The monoisotopic (exact) mass is 433 g/mol. The minimum absolute atomic E-state index is 0.00720. The van der Waals surface area contributed by atoms with Crippen LogP contribution in [0.3, 0.4) is 0 Å². The Morgan fingerprint density at radius 1 is 1.16 bits per heavy atom. The van der Waals surface area contributed by atoms with Gasteiger partial charge in [-0.3, -0.25) is 9.80 Å². The van der Waals surface area contributed by atoms with Crippen LogP contribution in [0.5, 0.6) is 0 Å². The van der Waals surface area contributed by atoms with E-state index in [1.165, 1.54) is 12.1 Å². The molecule has 3 heterocycles. The van der Waals surface area contributed by atoms with Crippen molar-refractivity contribution in [2.45, 2.75) is 32.1 Å². The first-order valence-electron chi connectivity index (χ1n) is 10.9. The van der Waals surface area contributed by atoms with Crippen LogP contribution in [0.1, 0.15) is 48.4 Å². The van der Waals surface area contributed by atoms with Gasteiger partial charge in [-0.15, -0.1) is 0 Å². The van der Waals surface area contributed by atoms with E-state index in [1.54, 1.807) is 12.1 Å². The van der Waals surface area contributed by atoms with Gasteiger partial charge in [0.15, 0.2) is 0 Å². The van der Waals surface area contributed by atoms with E-state index in [0.29, 0.717) is 35.9 Å². The number of hydrazone groups is 1. The van der Waals surface area contributed by atoms with E-state index in [-0.39, 0.29) is 17.6 Å². The number of carbonyl (C=O) groups excluding carboxylic acids is 1. The highest BCUT2D eigenvalue weighted by Crippen LogP contribution is 2.29. The maximum atomic E-state index is 13.5. The van der Waals surface area contributed by atoms with Crippen molar-refractivity contribution in [3.05, 3.63) is 65.8 Å². The van der Waals surface area contributed by atoms with Crippen molar-refractivity contribution in [3.63, 3.8) is 0 Å². The zero-order valence-electron chi connectivity index (χ0n) is 17.9. The third-order valence-electron chi connectivity index (χ3n) is 5.97. The van der Waals surface area contributed by atoms with Gasteiger partial charge in [-0.25, -0.2) is 4.39 Å². The van der Waals surface area contributed by atoms with Crippen LogP contribution in [-0.4, -0.2) is 46.3 Å². The number of piperidine rings is 1. The number of halogens is 1. The van der Waals surface area contributed by atoms with Crippen LogP contribution in [0, 0.1) is 5.82 Å². The Balaban J connectivity index is 1.27. The Morgan fingerprint density at radius 3 is 2.75 bits per heavy atom. The summed E-state index contributed by atoms with van der Waals surface area (Å²) in [5, 5.41) is 10.5. The summed E-state index contributed by atoms with van der Waals surface area (Å²) in [6, 6.07) is 13.7. The molecule has 0 radical (unpaired) electrons. The maximum absolute atomic E-state index is 13.5. The molecule has 1 unspecified atom stereocenters. The summed E-state index contributed by atoms with van der Waals surface area (Å²) >= 11 is 0. The molecule has 2 aliphatic heterocycles. The molecule has 7 nitrogen and oxygen atoms in total. The molecule has 0 saturated carbocycles. The molecule has 0 N–H and O–H groups in total. The molecule has 0 bridgehead atoms. The number of nitrogens with zero attached hydrogens (tertiary/aromatic N) is 5. The lowest BCUT2D eigenvalue weighted by molar-refractivity contribution is 0.0695. The summed E-state index contributed by atoms with van der Waals surface area (Å²) in [5.74, 6) is 0.453. The molecule has 1 amide bonds. The van der Waals surface area contributed by atoms with E-state index < -0.39 is 0 Å². The number of anilines is 1. The molecule has 5 rings (SSSR count). The number of hydrogen-bond donors (Lipinski definition) is 0.